The van der Waals surface area contributed by atoms with Crippen molar-refractivity contribution in [2.75, 3.05) is 20.2 Å². The molecule has 1 aromatic rings. The van der Waals surface area contributed by atoms with Gasteiger partial charge in [0.15, 0.2) is 5.78 Å². The van der Waals surface area contributed by atoms with Gasteiger partial charge in [-0.2, -0.15) is 0 Å². The molecule has 2 aliphatic rings. The summed E-state index contributed by atoms with van der Waals surface area (Å²) in [5.74, 6) is 1.31. The van der Waals surface area contributed by atoms with Gasteiger partial charge in [-0.05, 0) is 62.6 Å². The molecule has 1 aliphatic carbocycles. The number of ketones is 1. The van der Waals surface area contributed by atoms with Crippen LogP contribution in [0.2, 0.25) is 0 Å². The van der Waals surface area contributed by atoms with Crippen LogP contribution in [0.1, 0.15) is 47.9 Å². The fraction of sp³-hybridized carbons (Fsp3) is 0.545. The second-order valence-electron chi connectivity index (χ2n) is 7.99. The molecule has 0 radical (unpaired) electrons. The number of methoxy groups -OCH3 is 1. The van der Waals surface area contributed by atoms with E-state index in [4.69, 9.17) is 9.84 Å². The Balaban J connectivity index is 1.77. The summed E-state index contributed by atoms with van der Waals surface area (Å²) in [5.41, 5.74) is 5.19. The molecular weight excluding hydrogens is 342 g/mol. The molecule has 1 aromatic carbocycles. The lowest BCUT2D eigenvalue weighted by molar-refractivity contribution is -0.117. The molecule has 0 aromatic heterocycles. The summed E-state index contributed by atoms with van der Waals surface area (Å²) in [5, 5.41) is 9.10. The van der Waals surface area contributed by atoms with Crippen LogP contribution >= 0.6 is 0 Å². The molecule has 1 aliphatic heterocycles. The number of piperidine rings is 1. The number of rotatable bonds is 4. The molecule has 1 saturated heterocycles. The lowest BCUT2D eigenvalue weighted by Gasteiger charge is -2.31. The quantitative estimate of drug-likeness (QED) is 0.855. The Kier molecular flexibility index (Phi) is 5.59. The predicted molar refractivity (Wildman–Crippen MR) is 105 cm³/mol. The van der Waals surface area contributed by atoms with Gasteiger partial charge in [-0.3, -0.25) is 4.79 Å². The highest BCUT2D eigenvalue weighted by molar-refractivity contribution is 6.25. The maximum absolute atomic E-state index is 13.3. The van der Waals surface area contributed by atoms with Crippen molar-refractivity contribution in [3.63, 3.8) is 0 Å². The van der Waals surface area contributed by atoms with Crippen LogP contribution in [-0.2, 0) is 9.53 Å². The Bertz CT molecular complexity index is 764. The molecule has 1 unspecified atom stereocenters. The molecule has 0 saturated carbocycles. The molecule has 1 fully saturated rings. The maximum atomic E-state index is 13.3. The van der Waals surface area contributed by atoms with Gasteiger partial charge in [-0.1, -0.05) is 17.7 Å². The molecule has 1 amide bonds. The van der Waals surface area contributed by atoms with E-state index in [1.807, 2.05) is 0 Å². The minimum Gasteiger partial charge on any atom is -0.500 e. The summed E-state index contributed by atoms with van der Waals surface area (Å²) in [6, 6.07) is 4.23. The van der Waals surface area contributed by atoms with Crippen LogP contribution in [0, 0.1) is 32.6 Å². The lowest BCUT2D eigenvalue weighted by atomic mass is 9.84. The van der Waals surface area contributed by atoms with E-state index in [1.54, 1.807) is 7.11 Å². The highest BCUT2D eigenvalue weighted by Crippen LogP contribution is 2.41. The normalized spacial score (nSPS) is 21.1. The topological polar surface area (TPSA) is 66.8 Å². The van der Waals surface area contributed by atoms with Gasteiger partial charge in [-0.25, -0.2) is 4.79 Å². The smallest absolute Gasteiger partial charge is 0.407 e. The number of ether oxygens (including phenoxy) is 1. The van der Waals surface area contributed by atoms with Crippen molar-refractivity contribution in [3.8, 4) is 0 Å². The molecule has 5 nitrogen and oxygen atoms in total. The number of carboxylic acid groups (broad SMARTS) is 1. The highest BCUT2D eigenvalue weighted by atomic mass is 16.5. The molecule has 0 spiro atoms. The van der Waals surface area contributed by atoms with Gasteiger partial charge < -0.3 is 14.7 Å². The van der Waals surface area contributed by atoms with E-state index in [2.05, 4.69) is 32.9 Å². The fourth-order valence-corrected chi connectivity index (χ4v) is 4.74. The van der Waals surface area contributed by atoms with Crippen molar-refractivity contribution < 1.29 is 19.4 Å². The Hall–Kier alpha value is -2.30. The predicted octanol–water partition coefficient (Wildman–Crippen LogP) is 4.34. The standard InChI is InChI=1S/C22H29NO4/c1-13-9-14(2)19(15(3)10-13)20-18(27-4)12-17(21(20)24)11-16-5-7-23(8-6-16)22(25)26/h9-10,16-17H,5-8,11-12H2,1-4H3,(H,25,26). The number of Topliss-reactive ketones (excluding diaryl/α,β-unsaturated/α-hetero) is 1. The summed E-state index contributed by atoms with van der Waals surface area (Å²) in [4.78, 5) is 25.8. The Labute approximate surface area is 161 Å². The Morgan fingerprint density at radius 3 is 2.30 bits per heavy atom. The van der Waals surface area contributed by atoms with Gasteiger partial charge in [0.25, 0.3) is 0 Å². The summed E-state index contributed by atoms with van der Waals surface area (Å²) in [6.07, 6.45) is 2.27. The van der Waals surface area contributed by atoms with E-state index in [1.165, 1.54) is 10.5 Å². The number of hydrogen-bond donors (Lipinski definition) is 1. The van der Waals surface area contributed by atoms with E-state index in [-0.39, 0.29) is 11.7 Å². The van der Waals surface area contributed by atoms with Gasteiger partial charge in [-0.15, -0.1) is 0 Å². The van der Waals surface area contributed by atoms with Crippen molar-refractivity contribution in [1.29, 1.82) is 0 Å². The molecule has 27 heavy (non-hydrogen) atoms. The second kappa shape index (κ2) is 7.75. The summed E-state index contributed by atoms with van der Waals surface area (Å²) in [6.45, 7) is 7.30. The number of aryl methyl sites for hydroxylation is 3. The van der Waals surface area contributed by atoms with Crippen LogP contribution in [-0.4, -0.2) is 42.1 Å². The number of carbonyl (C=O) groups excluding carboxylic acids is 1. The van der Waals surface area contributed by atoms with E-state index >= 15 is 0 Å². The minimum atomic E-state index is -0.846. The van der Waals surface area contributed by atoms with Crippen molar-refractivity contribution in [2.45, 2.75) is 46.5 Å². The van der Waals surface area contributed by atoms with Crippen molar-refractivity contribution in [3.05, 3.63) is 40.1 Å². The van der Waals surface area contributed by atoms with Gasteiger partial charge in [0.2, 0.25) is 0 Å². The SMILES string of the molecule is COC1=C(c2c(C)cc(C)cc2C)C(=O)C(CC2CCN(C(=O)O)CC2)C1. The van der Waals surface area contributed by atoms with Gasteiger partial charge >= 0.3 is 6.09 Å². The molecule has 3 rings (SSSR count). The number of allylic oxidation sites excluding steroid dienone is 2. The first-order valence-corrected chi connectivity index (χ1v) is 9.69. The van der Waals surface area contributed by atoms with E-state index in [9.17, 15) is 9.59 Å². The maximum Gasteiger partial charge on any atom is 0.407 e. The lowest BCUT2D eigenvalue weighted by Crippen LogP contribution is -2.38. The molecule has 1 atom stereocenters. The molecule has 0 bridgehead atoms. The third-order valence-corrected chi connectivity index (χ3v) is 6.00. The summed E-state index contributed by atoms with van der Waals surface area (Å²) < 4.78 is 5.63. The third-order valence-electron chi connectivity index (χ3n) is 6.00. The second-order valence-corrected chi connectivity index (χ2v) is 7.99. The zero-order valence-electron chi connectivity index (χ0n) is 16.7. The van der Waals surface area contributed by atoms with Gasteiger partial charge in [0, 0.05) is 25.4 Å². The third kappa shape index (κ3) is 3.87. The van der Waals surface area contributed by atoms with Crippen LogP contribution in [0.15, 0.2) is 17.9 Å². The zero-order chi connectivity index (χ0) is 19.7. The van der Waals surface area contributed by atoms with E-state index < -0.39 is 6.09 Å². The molecule has 1 N–H and O–H groups in total. The number of amides is 1. The fourth-order valence-electron chi connectivity index (χ4n) is 4.74. The first-order chi connectivity index (χ1) is 12.8. The Morgan fingerprint density at radius 2 is 1.78 bits per heavy atom. The largest absolute Gasteiger partial charge is 0.500 e. The van der Waals surface area contributed by atoms with E-state index in [0.29, 0.717) is 25.4 Å². The summed E-state index contributed by atoms with van der Waals surface area (Å²) in [7, 11) is 1.65. The average Bonchev–Trinajstić information content (AvgIpc) is 2.91. The number of likely N-dealkylation sites (tertiary alicyclic amines) is 1. The first-order valence-electron chi connectivity index (χ1n) is 9.69. The Morgan fingerprint density at radius 1 is 1.19 bits per heavy atom. The van der Waals surface area contributed by atoms with Crippen molar-refractivity contribution in [2.24, 2.45) is 11.8 Å². The molecule has 5 heteroatoms. The van der Waals surface area contributed by atoms with Gasteiger partial charge in [0.1, 0.15) is 5.76 Å². The van der Waals surface area contributed by atoms with Crippen LogP contribution in [0.5, 0.6) is 0 Å². The monoisotopic (exact) mass is 371 g/mol. The first kappa shape index (κ1) is 19.5. The highest BCUT2D eigenvalue weighted by Gasteiger charge is 2.38. The van der Waals surface area contributed by atoms with Crippen molar-refractivity contribution >= 4 is 17.4 Å². The van der Waals surface area contributed by atoms with Crippen LogP contribution in [0.4, 0.5) is 4.79 Å². The number of carbonyl (C=O) groups is 2. The number of nitrogens with zero attached hydrogens (tertiary/aromatic N) is 1. The van der Waals surface area contributed by atoms with Crippen LogP contribution in [0.25, 0.3) is 5.57 Å². The van der Waals surface area contributed by atoms with Crippen LogP contribution < -0.4 is 0 Å². The molecule has 146 valence electrons. The zero-order valence-corrected chi connectivity index (χ0v) is 16.7. The average molecular weight is 371 g/mol. The van der Waals surface area contributed by atoms with E-state index in [0.717, 1.165) is 47.3 Å². The molecular formula is C22H29NO4. The number of benzene rings is 1. The van der Waals surface area contributed by atoms with Gasteiger partial charge in [0.05, 0.1) is 12.7 Å². The summed E-state index contributed by atoms with van der Waals surface area (Å²) >= 11 is 0. The van der Waals surface area contributed by atoms with Crippen LogP contribution in [0.3, 0.4) is 0 Å². The number of hydrogen-bond acceptors (Lipinski definition) is 3. The minimum absolute atomic E-state index is 0.0589. The van der Waals surface area contributed by atoms with Crippen molar-refractivity contribution in [1.82, 2.24) is 4.90 Å². The molecule has 1 heterocycles.